The van der Waals surface area contributed by atoms with Gasteiger partial charge in [0.25, 0.3) is 7.82 Å². The van der Waals surface area contributed by atoms with E-state index in [9.17, 15) is 14.3 Å². The molecule has 366 valence electrons. The first-order chi connectivity index (χ1) is 31.6. The number of ether oxygens (including phenoxy) is 2. The van der Waals surface area contributed by atoms with Gasteiger partial charge in [-0.1, -0.05) is 179 Å². The van der Waals surface area contributed by atoms with Crippen LogP contribution in [0.1, 0.15) is 142 Å². The Morgan fingerprint density at radius 2 is 0.846 bits per heavy atom. The van der Waals surface area contributed by atoms with Crippen LogP contribution in [0.2, 0.25) is 0 Å². The van der Waals surface area contributed by atoms with Crippen LogP contribution in [0.15, 0.2) is 146 Å². The van der Waals surface area contributed by atoms with Gasteiger partial charge in [0.1, 0.15) is 19.3 Å². The standard InChI is InChI=1S/C56H90NO7P/c1-6-8-10-12-14-16-18-20-22-24-26-27-28-29-30-32-34-36-38-40-42-44-46-48-51-61-53-55(54-63-65(59,60)62-52-50-57(3,4)5)64-56(58)49-47-45-43-41-39-37-35-33-31-25-23-21-19-17-15-13-11-9-7-2/h8-11,14-17,20-23,26-27,29-31,33-34,36-37,39,43,45,55H,6-7,12-13,18-19,24-25,28,32,35,38,40-42,44,46-54H2,1-5H3/b10-8-,11-9-,16-14-,17-15-,22-20-,23-21-,27-26-,30-29-,33-31-,36-34-,39-37-,45-43-. The maximum atomic E-state index is 12.7. The fraction of sp³-hybridized carbons (Fsp3) is 0.554. The van der Waals surface area contributed by atoms with E-state index in [2.05, 4.69) is 148 Å². The van der Waals surface area contributed by atoms with E-state index in [1.54, 1.807) is 0 Å². The lowest BCUT2D eigenvalue weighted by atomic mass is 10.1. The average molecular weight is 920 g/mol. The van der Waals surface area contributed by atoms with Crippen molar-refractivity contribution < 1.29 is 37.3 Å². The van der Waals surface area contributed by atoms with Crippen molar-refractivity contribution in [1.82, 2.24) is 0 Å². The Kier molecular flexibility index (Phi) is 44.3. The van der Waals surface area contributed by atoms with Crippen LogP contribution in [-0.4, -0.2) is 70.7 Å². The molecule has 8 nitrogen and oxygen atoms in total. The summed E-state index contributed by atoms with van der Waals surface area (Å²) in [4.78, 5) is 25.1. The molecule has 0 saturated carbocycles. The van der Waals surface area contributed by atoms with Crippen molar-refractivity contribution in [2.75, 3.05) is 54.1 Å². The molecule has 0 spiro atoms. The Morgan fingerprint density at radius 1 is 0.477 bits per heavy atom. The summed E-state index contributed by atoms with van der Waals surface area (Å²) in [5.74, 6) is -0.430. The topological polar surface area (TPSA) is 94.1 Å². The monoisotopic (exact) mass is 920 g/mol. The van der Waals surface area contributed by atoms with Crippen LogP contribution in [0.4, 0.5) is 0 Å². The smallest absolute Gasteiger partial charge is 0.306 e. The third kappa shape index (κ3) is 51.2. The SMILES string of the molecule is CC/C=C\C/C=C\C/C=C\C/C=C\C/C=C\C/C=C\CCCCCCCOCC(COP(=O)([O-])OCC[N+](C)(C)C)OC(=O)CC/C=C\C/C=C\C/C=C\C/C=C\C/C=C\C/C=C\CC. The van der Waals surface area contributed by atoms with Gasteiger partial charge in [-0.3, -0.25) is 9.36 Å². The summed E-state index contributed by atoms with van der Waals surface area (Å²) in [6, 6.07) is 0. The third-order valence-corrected chi connectivity index (χ3v) is 10.4. The van der Waals surface area contributed by atoms with Crippen LogP contribution < -0.4 is 4.89 Å². The number of phosphoric acid groups is 1. The maximum absolute atomic E-state index is 12.7. The first-order valence-electron chi connectivity index (χ1n) is 24.6. The normalized spacial score (nSPS) is 14.9. The lowest BCUT2D eigenvalue weighted by molar-refractivity contribution is -0.870. The second-order valence-corrected chi connectivity index (χ2v) is 18.1. The minimum Gasteiger partial charge on any atom is -0.756 e. The highest BCUT2D eigenvalue weighted by atomic mass is 31.2. The number of quaternary nitrogens is 1. The van der Waals surface area contributed by atoms with E-state index in [4.69, 9.17) is 18.5 Å². The molecule has 0 aliphatic carbocycles. The van der Waals surface area contributed by atoms with Crippen molar-refractivity contribution in [3.05, 3.63) is 146 Å². The van der Waals surface area contributed by atoms with Gasteiger partial charge in [-0.2, -0.15) is 0 Å². The Labute approximate surface area is 397 Å². The number of allylic oxidation sites excluding steroid dienone is 24. The lowest BCUT2D eigenvalue weighted by Gasteiger charge is -2.28. The molecule has 2 atom stereocenters. The summed E-state index contributed by atoms with van der Waals surface area (Å²) in [6.07, 6.45) is 70.3. The van der Waals surface area contributed by atoms with Crippen molar-refractivity contribution in [2.45, 2.75) is 148 Å². The van der Waals surface area contributed by atoms with Crippen molar-refractivity contribution in [1.29, 1.82) is 0 Å². The lowest BCUT2D eigenvalue weighted by Crippen LogP contribution is -2.37. The molecule has 0 N–H and O–H groups in total. The number of nitrogens with zero attached hydrogens (tertiary/aromatic N) is 1. The molecule has 0 heterocycles. The minimum absolute atomic E-state index is 0.00141. The van der Waals surface area contributed by atoms with Gasteiger partial charge >= 0.3 is 5.97 Å². The zero-order valence-electron chi connectivity index (χ0n) is 41.4. The van der Waals surface area contributed by atoms with Crippen molar-refractivity contribution >= 4 is 13.8 Å². The van der Waals surface area contributed by atoms with Crippen molar-refractivity contribution in [2.24, 2.45) is 0 Å². The Hall–Kier alpha value is -3.62. The highest BCUT2D eigenvalue weighted by Crippen LogP contribution is 2.38. The number of hydrogen-bond acceptors (Lipinski definition) is 7. The minimum atomic E-state index is -4.57. The van der Waals surface area contributed by atoms with Gasteiger partial charge in [0.15, 0.2) is 0 Å². The van der Waals surface area contributed by atoms with E-state index in [1.807, 2.05) is 33.3 Å². The summed E-state index contributed by atoms with van der Waals surface area (Å²) < 4.78 is 34.6. The maximum Gasteiger partial charge on any atom is 0.306 e. The summed E-state index contributed by atoms with van der Waals surface area (Å²) >= 11 is 0. The average Bonchev–Trinajstić information content (AvgIpc) is 3.27. The Morgan fingerprint density at radius 3 is 1.26 bits per heavy atom. The Balaban J connectivity index is 4.37. The van der Waals surface area contributed by atoms with E-state index in [0.29, 0.717) is 24.1 Å². The molecule has 0 aromatic heterocycles. The Bertz CT molecular complexity index is 1540. The molecule has 0 aliphatic rings. The number of carbonyl (C=O) groups is 1. The second-order valence-electron chi connectivity index (χ2n) is 16.7. The van der Waals surface area contributed by atoms with Gasteiger partial charge in [0.05, 0.1) is 34.4 Å². The molecule has 0 rings (SSSR count). The van der Waals surface area contributed by atoms with Gasteiger partial charge in [0, 0.05) is 13.0 Å². The van der Waals surface area contributed by atoms with Crippen molar-refractivity contribution in [3.63, 3.8) is 0 Å². The van der Waals surface area contributed by atoms with Gasteiger partial charge in [0.2, 0.25) is 0 Å². The third-order valence-electron chi connectivity index (χ3n) is 9.40. The number of rotatable bonds is 43. The molecule has 0 bridgehead atoms. The summed E-state index contributed by atoms with van der Waals surface area (Å²) in [6.45, 7) is 4.98. The predicted octanol–water partition coefficient (Wildman–Crippen LogP) is 14.6. The molecular formula is C56H90NO7P. The van der Waals surface area contributed by atoms with Crippen LogP contribution >= 0.6 is 7.82 Å². The molecule has 0 amide bonds. The van der Waals surface area contributed by atoms with E-state index in [-0.39, 0.29) is 26.2 Å². The highest BCUT2D eigenvalue weighted by molar-refractivity contribution is 7.45. The quantitative estimate of drug-likeness (QED) is 0.0198. The molecule has 0 fully saturated rings. The zero-order valence-corrected chi connectivity index (χ0v) is 42.3. The predicted molar refractivity (Wildman–Crippen MR) is 276 cm³/mol. The molecule has 0 aliphatic heterocycles. The number of esters is 1. The summed E-state index contributed by atoms with van der Waals surface area (Å²) in [7, 11) is 1.27. The fourth-order valence-electron chi connectivity index (χ4n) is 5.69. The molecule has 0 radical (unpaired) electrons. The highest BCUT2D eigenvalue weighted by Gasteiger charge is 2.20. The van der Waals surface area contributed by atoms with Gasteiger partial charge in [-0.25, -0.2) is 0 Å². The largest absolute Gasteiger partial charge is 0.756 e. The van der Waals surface area contributed by atoms with Gasteiger partial charge in [-0.05, 0) is 103 Å². The molecular weight excluding hydrogens is 830 g/mol. The van der Waals surface area contributed by atoms with Crippen LogP contribution in [0.25, 0.3) is 0 Å². The summed E-state index contributed by atoms with van der Waals surface area (Å²) in [5, 5.41) is 0. The van der Waals surface area contributed by atoms with Crippen LogP contribution in [0, 0.1) is 0 Å². The molecule has 65 heavy (non-hydrogen) atoms. The van der Waals surface area contributed by atoms with Crippen LogP contribution in [0.5, 0.6) is 0 Å². The first kappa shape index (κ1) is 61.4. The number of unbranched alkanes of at least 4 members (excludes halogenated alkanes) is 5. The number of likely N-dealkylation sites (N-methyl/N-ethyl adjacent to an activating group) is 1. The van der Waals surface area contributed by atoms with E-state index >= 15 is 0 Å². The molecule has 0 saturated heterocycles. The number of phosphoric ester groups is 1. The molecule has 2 unspecified atom stereocenters. The zero-order chi connectivity index (χ0) is 47.6. The van der Waals surface area contributed by atoms with Gasteiger partial charge < -0.3 is 27.9 Å². The van der Waals surface area contributed by atoms with Crippen LogP contribution in [0.3, 0.4) is 0 Å². The second kappa shape index (κ2) is 46.9. The van der Waals surface area contributed by atoms with E-state index in [0.717, 1.165) is 116 Å². The molecule has 0 aromatic carbocycles. The molecule has 0 aromatic rings. The van der Waals surface area contributed by atoms with Gasteiger partial charge in [-0.15, -0.1) is 0 Å². The van der Waals surface area contributed by atoms with E-state index in [1.165, 1.54) is 0 Å². The molecule has 9 heteroatoms. The van der Waals surface area contributed by atoms with Crippen molar-refractivity contribution in [3.8, 4) is 0 Å². The number of carbonyl (C=O) groups excluding carboxylic acids is 1. The van der Waals surface area contributed by atoms with Crippen LogP contribution in [-0.2, 0) is 27.9 Å². The first-order valence-corrected chi connectivity index (χ1v) is 26.0. The number of hydrogen-bond donors (Lipinski definition) is 0. The fourth-order valence-corrected chi connectivity index (χ4v) is 6.42. The van der Waals surface area contributed by atoms with E-state index < -0.39 is 19.9 Å². The summed E-state index contributed by atoms with van der Waals surface area (Å²) in [5.41, 5.74) is 0.